The van der Waals surface area contributed by atoms with Crippen LogP contribution in [0, 0.1) is 5.82 Å². The molecule has 9 heteroatoms. The summed E-state index contributed by atoms with van der Waals surface area (Å²) in [5, 5.41) is 8.10. The number of nitrogens with one attached hydrogen (secondary N) is 1. The lowest BCUT2D eigenvalue weighted by Crippen LogP contribution is -2.47. The van der Waals surface area contributed by atoms with Gasteiger partial charge in [-0.15, -0.1) is 0 Å². The van der Waals surface area contributed by atoms with E-state index in [1.54, 1.807) is 31.9 Å². The number of anilines is 1. The fourth-order valence-corrected chi connectivity index (χ4v) is 5.82. The number of hydrogen-bond acceptors (Lipinski definition) is 7. The van der Waals surface area contributed by atoms with Crippen molar-refractivity contribution >= 4 is 5.69 Å². The van der Waals surface area contributed by atoms with Crippen LogP contribution in [0.3, 0.4) is 0 Å². The molecule has 0 amide bonds. The van der Waals surface area contributed by atoms with Gasteiger partial charge in [-0.3, -0.25) is 0 Å². The van der Waals surface area contributed by atoms with Crippen LogP contribution in [0.2, 0.25) is 0 Å². The van der Waals surface area contributed by atoms with E-state index in [2.05, 4.69) is 45.4 Å². The van der Waals surface area contributed by atoms with Crippen LogP contribution in [0.1, 0.15) is 55.7 Å². The molecule has 0 spiro atoms. The minimum Gasteiger partial charge on any atom is -0.490 e. The van der Waals surface area contributed by atoms with Crippen molar-refractivity contribution in [2.24, 2.45) is 0 Å². The third-order valence-electron chi connectivity index (χ3n) is 7.96. The first kappa shape index (κ1) is 27.6. The van der Waals surface area contributed by atoms with Gasteiger partial charge in [-0.05, 0) is 61.1 Å². The molecule has 2 aliphatic heterocycles. The molecule has 0 bridgehead atoms. The lowest BCUT2D eigenvalue weighted by atomic mass is 9.82. The van der Waals surface area contributed by atoms with E-state index in [9.17, 15) is 4.39 Å². The summed E-state index contributed by atoms with van der Waals surface area (Å²) < 4.78 is 33.4. The van der Waals surface area contributed by atoms with Crippen molar-refractivity contribution in [1.29, 1.82) is 0 Å². The Labute approximate surface area is 230 Å². The van der Waals surface area contributed by atoms with Gasteiger partial charge in [0.2, 0.25) is 0 Å². The van der Waals surface area contributed by atoms with Gasteiger partial charge in [-0.25, -0.2) is 14.1 Å². The number of rotatable bonds is 12. The Morgan fingerprint density at radius 1 is 1.21 bits per heavy atom. The van der Waals surface area contributed by atoms with E-state index in [1.807, 2.05) is 16.8 Å². The molecular weight excluding hydrogens is 497 g/mol. The minimum atomic E-state index is -0.217. The summed E-state index contributed by atoms with van der Waals surface area (Å²) in [4.78, 5) is 6.50. The molecule has 1 fully saturated rings. The van der Waals surface area contributed by atoms with Crippen molar-refractivity contribution in [1.82, 2.24) is 20.1 Å². The predicted octanol–water partition coefficient (Wildman–Crippen LogP) is 4.72. The molecule has 1 N–H and O–H groups in total. The zero-order chi connectivity index (χ0) is 27.0. The molecule has 1 saturated heterocycles. The van der Waals surface area contributed by atoms with E-state index in [0.29, 0.717) is 19.3 Å². The standard InChI is InChI=1S/C30H40FN5O3/c1-3-26(36-21-32-20-34-36)16-25-17-27(23-6-8-24(31)9-7-23)30(18-33-25)39-19-22-5-10-29-28(15-22)35(12-14-38-29)11-4-13-37-2/h5-10,15,20-21,25-27,30,33H,3-4,11-14,16-19H2,1-2H3/t25-,26-,27+,30-/m0/s1. The molecule has 0 saturated carbocycles. The van der Waals surface area contributed by atoms with E-state index < -0.39 is 0 Å². The number of nitrogens with zero attached hydrogens (tertiary/aromatic N) is 4. The van der Waals surface area contributed by atoms with Gasteiger partial charge in [0, 0.05) is 38.8 Å². The summed E-state index contributed by atoms with van der Waals surface area (Å²) in [6.45, 7) is 6.66. The minimum absolute atomic E-state index is 0.0248. The highest BCUT2D eigenvalue weighted by Gasteiger charge is 2.33. The Balaban J connectivity index is 1.27. The van der Waals surface area contributed by atoms with Crippen molar-refractivity contribution < 1.29 is 18.6 Å². The first-order valence-electron chi connectivity index (χ1n) is 14.1. The number of aromatic nitrogens is 3. The first-order valence-corrected chi connectivity index (χ1v) is 14.1. The predicted molar refractivity (Wildman–Crippen MR) is 149 cm³/mol. The molecule has 3 aromatic rings. The number of hydrogen-bond donors (Lipinski definition) is 1. The van der Waals surface area contributed by atoms with Gasteiger partial charge in [0.05, 0.1) is 31.0 Å². The average Bonchev–Trinajstić information content (AvgIpc) is 3.51. The van der Waals surface area contributed by atoms with Crippen LogP contribution in [0.25, 0.3) is 0 Å². The van der Waals surface area contributed by atoms with Gasteiger partial charge in [-0.2, -0.15) is 5.10 Å². The first-order chi connectivity index (χ1) is 19.1. The van der Waals surface area contributed by atoms with E-state index in [4.69, 9.17) is 14.2 Å². The lowest BCUT2D eigenvalue weighted by molar-refractivity contribution is 0.00102. The summed E-state index contributed by atoms with van der Waals surface area (Å²) in [5.74, 6) is 0.869. The van der Waals surface area contributed by atoms with Gasteiger partial charge in [0.25, 0.3) is 0 Å². The van der Waals surface area contributed by atoms with Crippen molar-refractivity contribution in [3.05, 3.63) is 72.1 Å². The Kier molecular flexibility index (Phi) is 9.44. The average molecular weight is 538 g/mol. The van der Waals surface area contributed by atoms with Gasteiger partial charge in [-0.1, -0.05) is 25.1 Å². The number of methoxy groups -OCH3 is 1. The Bertz CT molecular complexity index is 1160. The van der Waals surface area contributed by atoms with E-state index >= 15 is 0 Å². The van der Waals surface area contributed by atoms with Gasteiger partial charge >= 0.3 is 0 Å². The molecule has 210 valence electrons. The van der Waals surface area contributed by atoms with Crippen molar-refractivity contribution in [3.8, 4) is 5.75 Å². The number of piperidine rings is 1. The molecule has 39 heavy (non-hydrogen) atoms. The van der Waals surface area contributed by atoms with E-state index in [1.165, 1.54) is 0 Å². The molecular formula is C30H40FN5O3. The van der Waals surface area contributed by atoms with Crippen molar-refractivity contribution in [2.45, 2.75) is 63.3 Å². The molecule has 0 radical (unpaired) electrons. The van der Waals surface area contributed by atoms with Crippen molar-refractivity contribution in [3.63, 3.8) is 0 Å². The largest absolute Gasteiger partial charge is 0.490 e. The summed E-state index contributed by atoms with van der Waals surface area (Å²) in [6.07, 6.45) is 7.17. The Hall–Kier alpha value is -3.01. The van der Waals surface area contributed by atoms with Crippen LogP contribution in [-0.2, 0) is 16.1 Å². The lowest BCUT2D eigenvalue weighted by Gasteiger charge is -2.38. The molecule has 5 rings (SSSR count). The van der Waals surface area contributed by atoms with Crippen LogP contribution in [-0.4, -0.2) is 66.9 Å². The van der Waals surface area contributed by atoms with Crippen LogP contribution < -0.4 is 15.0 Å². The maximum absolute atomic E-state index is 13.8. The second kappa shape index (κ2) is 13.4. The monoisotopic (exact) mass is 537 g/mol. The van der Waals surface area contributed by atoms with Crippen LogP contribution in [0.4, 0.5) is 10.1 Å². The molecule has 1 aromatic heterocycles. The molecule has 3 heterocycles. The SMILES string of the molecule is CC[C@@H](C[C@H]1C[C@H](c2ccc(F)cc2)[C@@H](OCc2ccc3c(c2)N(CCCOC)CCO3)CN1)n1cncn1. The van der Waals surface area contributed by atoms with Gasteiger partial charge < -0.3 is 24.4 Å². The number of benzene rings is 2. The number of ether oxygens (including phenoxy) is 3. The summed E-state index contributed by atoms with van der Waals surface area (Å²) >= 11 is 0. The third-order valence-corrected chi connectivity index (χ3v) is 7.96. The number of fused-ring (bicyclic) bond motifs is 1. The smallest absolute Gasteiger partial charge is 0.142 e. The second-order valence-electron chi connectivity index (χ2n) is 10.5. The zero-order valence-electron chi connectivity index (χ0n) is 23.0. The highest BCUT2D eigenvalue weighted by Crippen LogP contribution is 2.35. The number of halogens is 1. The molecule has 2 aromatic carbocycles. The quantitative estimate of drug-likeness (QED) is 0.335. The Morgan fingerprint density at radius 2 is 2.08 bits per heavy atom. The zero-order valence-corrected chi connectivity index (χ0v) is 23.0. The summed E-state index contributed by atoms with van der Waals surface area (Å²) in [6, 6.07) is 13.8. The van der Waals surface area contributed by atoms with Crippen LogP contribution >= 0.6 is 0 Å². The van der Waals surface area contributed by atoms with Gasteiger partial charge in [0.1, 0.15) is 30.8 Å². The molecule has 4 atom stereocenters. The summed E-state index contributed by atoms with van der Waals surface area (Å²) in [5.41, 5.74) is 3.35. The highest BCUT2D eigenvalue weighted by molar-refractivity contribution is 5.61. The van der Waals surface area contributed by atoms with Crippen LogP contribution in [0.15, 0.2) is 55.1 Å². The maximum atomic E-state index is 13.8. The normalized spacial score (nSPS) is 21.8. The van der Waals surface area contributed by atoms with Crippen LogP contribution in [0.5, 0.6) is 5.75 Å². The molecule has 8 nitrogen and oxygen atoms in total. The highest BCUT2D eigenvalue weighted by atomic mass is 19.1. The fraction of sp³-hybridized carbons (Fsp3) is 0.533. The molecule has 0 unspecified atom stereocenters. The fourth-order valence-electron chi connectivity index (χ4n) is 5.82. The van der Waals surface area contributed by atoms with Crippen molar-refractivity contribution in [2.75, 3.05) is 44.9 Å². The molecule has 0 aliphatic carbocycles. The third kappa shape index (κ3) is 6.96. The topological polar surface area (TPSA) is 73.7 Å². The van der Waals surface area contributed by atoms with E-state index in [-0.39, 0.29) is 23.9 Å². The van der Waals surface area contributed by atoms with E-state index in [0.717, 1.165) is 74.5 Å². The second-order valence-corrected chi connectivity index (χ2v) is 10.5. The summed E-state index contributed by atoms with van der Waals surface area (Å²) in [7, 11) is 1.74. The van der Waals surface area contributed by atoms with Gasteiger partial charge in [0.15, 0.2) is 0 Å². The molecule has 2 aliphatic rings. The Morgan fingerprint density at radius 3 is 2.85 bits per heavy atom. The maximum Gasteiger partial charge on any atom is 0.142 e.